The maximum Gasteiger partial charge on any atom is 0.248 e. The molecule has 2 rings (SSSR count). The van der Waals surface area contributed by atoms with Crippen LogP contribution in [0.5, 0.6) is 0 Å². The van der Waals surface area contributed by atoms with Crippen molar-refractivity contribution in [3.63, 3.8) is 0 Å². The summed E-state index contributed by atoms with van der Waals surface area (Å²) in [6, 6.07) is 15.7. The number of nitrogens with two attached hydrogens (primary N) is 1. The first-order valence-electron chi connectivity index (χ1n) is 6.22. The second kappa shape index (κ2) is 5.53. The monoisotopic (exact) mass is 251 g/mol. The van der Waals surface area contributed by atoms with Gasteiger partial charge in [-0.3, -0.25) is 4.79 Å². The van der Waals surface area contributed by atoms with Gasteiger partial charge in [-0.15, -0.1) is 6.58 Å². The molecular formula is C17H17NO. The van der Waals surface area contributed by atoms with E-state index in [1.807, 2.05) is 43.3 Å². The van der Waals surface area contributed by atoms with Gasteiger partial charge < -0.3 is 5.73 Å². The molecule has 96 valence electrons. The molecule has 0 aromatic heterocycles. The Hall–Kier alpha value is -2.35. The number of hydrogen-bond donors (Lipinski definition) is 1. The van der Waals surface area contributed by atoms with Crippen molar-refractivity contribution in [2.75, 3.05) is 0 Å². The molecule has 0 aliphatic carbocycles. The van der Waals surface area contributed by atoms with E-state index in [9.17, 15) is 4.79 Å². The van der Waals surface area contributed by atoms with E-state index in [2.05, 4.69) is 18.7 Å². The van der Waals surface area contributed by atoms with Crippen LogP contribution in [0.2, 0.25) is 0 Å². The van der Waals surface area contributed by atoms with Gasteiger partial charge in [-0.25, -0.2) is 0 Å². The SMILES string of the molecule is C=CC(c1ccccc1)c1cccc(C(N)=O)c1C. The first-order chi connectivity index (χ1) is 9.15. The summed E-state index contributed by atoms with van der Waals surface area (Å²) >= 11 is 0. The predicted molar refractivity (Wildman–Crippen MR) is 78.2 cm³/mol. The Bertz CT molecular complexity index is 602. The summed E-state index contributed by atoms with van der Waals surface area (Å²) in [5, 5.41) is 0. The highest BCUT2D eigenvalue weighted by Gasteiger charge is 2.15. The maximum absolute atomic E-state index is 11.4. The molecule has 0 spiro atoms. The molecule has 0 saturated carbocycles. The number of benzene rings is 2. The average Bonchev–Trinajstić information content (AvgIpc) is 2.42. The van der Waals surface area contributed by atoms with Crippen molar-refractivity contribution >= 4 is 5.91 Å². The van der Waals surface area contributed by atoms with Crippen LogP contribution < -0.4 is 5.73 Å². The first kappa shape index (κ1) is 13.1. The molecule has 0 saturated heterocycles. The van der Waals surface area contributed by atoms with Gasteiger partial charge >= 0.3 is 0 Å². The van der Waals surface area contributed by atoms with Crippen LogP contribution in [0, 0.1) is 6.92 Å². The van der Waals surface area contributed by atoms with Gasteiger partial charge in [0.1, 0.15) is 0 Å². The molecule has 0 radical (unpaired) electrons. The molecule has 0 aliphatic heterocycles. The number of allylic oxidation sites excluding steroid dienone is 1. The second-order valence-electron chi connectivity index (χ2n) is 4.51. The second-order valence-corrected chi connectivity index (χ2v) is 4.51. The van der Waals surface area contributed by atoms with Crippen molar-refractivity contribution in [2.45, 2.75) is 12.8 Å². The number of carbonyl (C=O) groups excluding carboxylic acids is 1. The molecule has 2 heteroatoms. The lowest BCUT2D eigenvalue weighted by atomic mass is 9.87. The first-order valence-corrected chi connectivity index (χ1v) is 6.22. The molecule has 1 unspecified atom stereocenters. The van der Waals surface area contributed by atoms with Crippen LogP contribution in [-0.2, 0) is 0 Å². The minimum atomic E-state index is -0.393. The highest BCUT2D eigenvalue weighted by atomic mass is 16.1. The molecule has 0 aliphatic rings. The summed E-state index contributed by atoms with van der Waals surface area (Å²) in [5.41, 5.74) is 9.11. The zero-order valence-electron chi connectivity index (χ0n) is 11.0. The highest BCUT2D eigenvalue weighted by Crippen LogP contribution is 2.29. The Kier molecular flexibility index (Phi) is 3.81. The highest BCUT2D eigenvalue weighted by molar-refractivity contribution is 5.94. The third kappa shape index (κ3) is 2.58. The molecule has 1 atom stereocenters. The fraction of sp³-hybridized carbons (Fsp3) is 0.118. The van der Waals surface area contributed by atoms with Gasteiger partial charge in [0, 0.05) is 11.5 Å². The van der Waals surface area contributed by atoms with Crippen LogP contribution >= 0.6 is 0 Å². The zero-order chi connectivity index (χ0) is 13.8. The lowest BCUT2D eigenvalue weighted by Crippen LogP contribution is -2.14. The zero-order valence-corrected chi connectivity index (χ0v) is 11.0. The molecule has 2 aromatic carbocycles. The third-order valence-electron chi connectivity index (χ3n) is 3.37. The van der Waals surface area contributed by atoms with Crippen molar-refractivity contribution in [3.05, 3.63) is 83.4 Å². The van der Waals surface area contributed by atoms with E-state index in [4.69, 9.17) is 5.73 Å². The largest absolute Gasteiger partial charge is 0.366 e. The van der Waals surface area contributed by atoms with Gasteiger partial charge in [-0.05, 0) is 29.7 Å². The average molecular weight is 251 g/mol. The van der Waals surface area contributed by atoms with Crippen molar-refractivity contribution < 1.29 is 4.79 Å². The van der Waals surface area contributed by atoms with Crippen LogP contribution in [0.3, 0.4) is 0 Å². The third-order valence-corrected chi connectivity index (χ3v) is 3.37. The fourth-order valence-electron chi connectivity index (χ4n) is 2.36. The van der Waals surface area contributed by atoms with Crippen LogP contribution in [-0.4, -0.2) is 5.91 Å². The van der Waals surface area contributed by atoms with Crippen molar-refractivity contribution in [2.24, 2.45) is 5.73 Å². The maximum atomic E-state index is 11.4. The summed E-state index contributed by atoms with van der Waals surface area (Å²) in [5.74, 6) is -0.323. The van der Waals surface area contributed by atoms with Crippen molar-refractivity contribution in [1.82, 2.24) is 0 Å². The lowest BCUT2D eigenvalue weighted by Gasteiger charge is -2.17. The Morgan fingerprint density at radius 2 is 1.84 bits per heavy atom. The molecule has 2 nitrogen and oxygen atoms in total. The number of amides is 1. The predicted octanol–water partition coefficient (Wildman–Crippen LogP) is 3.41. The van der Waals surface area contributed by atoms with Gasteiger partial charge in [0.15, 0.2) is 0 Å². The van der Waals surface area contributed by atoms with Gasteiger partial charge in [0.2, 0.25) is 5.91 Å². The summed E-state index contributed by atoms with van der Waals surface area (Å²) in [6.07, 6.45) is 1.89. The normalized spacial score (nSPS) is 11.8. The number of hydrogen-bond acceptors (Lipinski definition) is 1. The lowest BCUT2D eigenvalue weighted by molar-refractivity contribution is 0.0999. The number of carbonyl (C=O) groups is 1. The van der Waals surface area contributed by atoms with Crippen LogP contribution in [0.25, 0.3) is 0 Å². The summed E-state index contributed by atoms with van der Waals surface area (Å²) in [7, 11) is 0. The van der Waals surface area contributed by atoms with Gasteiger partial charge in [-0.1, -0.05) is 48.5 Å². The van der Waals surface area contributed by atoms with Crippen molar-refractivity contribution in [1.29, 1.82) is 0 Å². The van der Waals surface area contributed by atoms with E-state index >= 15 is 0 Å². The molecule has 0 heterocycles. The Labute approximate surface area is 113 Å². The number of rotatable bonds is 4. The topological polar surface area (TPSA) is 43.1 Å². The molecule has 2 N–H and O–H groups in total. The fourth-order valence-corrected chi connectivity index (χ4v) is 2.36. The smallest absolute Gasteiger partial charge is 0.248 e. The Morgan fingerprint density at radius 3 is 2.42 bits per heavy atom. The van der Waals surface area contributed by atoms with Crippen LogP contribution in [0.1, 0.15) is 33.0 Å². The number of primary amides is 1. The minimum absolute atomic E-state index is 0.0699. The van der Waals surface area contributed by atoms with E-state index in [0.29, 0.717) is 5.56 Å². The Balaban J connectivity index is 2.54. The van der Waals surface area contributed by atoms with Crippen LogP contribution in [0.4, 0.5) is 0 Å². The molecular weight excluding hydrogens is 234 g/mol. The van der Waals surface area contributed by atoms with Gasteiger partial charge in [0.25, 0.3) is 0 Å². The summed E-state index contributed by atoms with van der Waals surface area (Å²) in [6.45, 7) is 5.84. The van der Waals surface area contributed by atoms with E-state index in [-0.39, 0.29) is 5.92 Å². The van der Waals surface area contributed by atoms with Crippen molar-refractivity contribution in [3.8, 4) is 0 Å². The quantitative estimate of drug-likeness (QED) is 0.831. The molecule has 0 fully saturated rings. The van der Waals surface area contributed by atoms with E-state index in [1.165, 1.54) is 0 Å². The van der Waals surface area contributed by atoms with E-state index in [1.54, 1.807) is 6.07 Å². The summed E-state index contributed by atoms with van der Waals surface area (Å²) < 4.78 is 0. The molecule has 0 bridgehead atoms. The molecule has 19 heavy (non-hydrogen) atoms. The minimum Gasteiger partial charge on any atom is -0.366 e. The van der Waals surface area contributed by atoms with E-state index in [0.717, 1.165) is 16.7 Å². The van der Waals surface area contributed by atoms with Gasteiger partial charge in [-0.2, -0.15) is 0 Å². The summed E-state index contributed by atoms with van der Waals surface area (Å²) in [4.78, 5) is 11.4. The molecule has 1 amide bonds. The van der Waals surface area contributed by atoms with E-state index < -0.39 is 5.91 Å². The molecule has 2 aromatic rings. The van der Waals surface area contributed by atoms with Crippen LogP contribution in [0.15, 0.2) is 61.2 Å². The Morgan fingerprint density at radius 1 is 1.16 bits per heavy atom. The van der Waals surface area contributed by atoms with Gasteiger partial charge in [0.05, 0.1) is 0 Å². The standard InChI is InChI=1S/C17H17NO/c1-3-14(13-8-5-4-6-9-13)15-10-7-11-16(12(15)2)17(18)19/h3-11,14H,1H2,2H3,(H2,18,19).